The standard InChI is InChI=1S/C11H14N2O2S2/c1-2-16-11-10(13(14)15)9(8-17-11)12-6-4-3-5-7-12/h2,8H,1,3-7H2. The van der Waals surface area contributed by atoms with Gasteiger partial charge in [-0.15, -0.1) is 11.3 Å². The van der Waals surface area contributed by atoms with Crippen molar-refractivity contribution >= 4 is 34.5 Å². The van der Waals surface area contributed by atoms with Crippen molar-refractivity contribution in [2.24, 2.45) is 0 Å². The van der Waals surface area contributed by atoms with Crippen LogP contribution in [-0.2, 0) is 0 Å². The number of nitro groups is 1. The first-order chi connectivity index (χ1) is 8.24. The highest BCUT2D eigenvalue weighted by atomic mass is 32.2. The minimum atomic E-state index is -0.272. The normalized spacial score (nSPS) is 15.9. The molecule has 92 valence electrons. The highest BCUT2D eigenvalue weighted by Crippen LogP contribution is 2.44. The molecule has 1 aromatic rings. The molecular weight excluding hydrogens is 256 g/mol. The summed E-state index contributed by atoms with van der Waals surface area (Å²) in [6.45, 7) is 5.46. The molecule has 4 nitrogen and oxygen atoms in total. The van der Waals surface area contributed by atoms with Crippen LogP contribution in [0.5, 0.6) is 0 Å². The SMILES string of the molecule is C=CSc1scc(N2CCCCC2)c1[N+](=O)[O-]. The molecule has 0 atom stereocenters. The molecule has 1 aliphatic heterocycles. The fraction of sp³-hybridized carbons (Fsp3) is 0.455. The van der Waals surface area contributed by atoms with Crippen LogP contribution in [0, 0.1) is 10.1 Å². The van der Waals surface area contributed by atoms with Gasteiger partial charge < -0.3 is 4.90 Å². The van der Waals surface area contributed by atoms with Gasteiger partial charge in [-0.05, 0) is 24.7 Å². The lowest BCUT2D eigenvalue weighted by Crippen LogP contribution is -2.29. The predicted molar refractivity (Wildman–Crippen MR) is 73.1 cm³/mol. The fourth-order valence-corrected chi connectivity index (χ4v) is 3.79. The van der Waals surface area contributed by atoms with E-state index < -0.39 is 0 Å². The molecule has 17 heavy (non-hydrogen) atoms. The molecule has 0 radical (unpaired) electrons. The Morgan fingerprint density at radius 3 is 2.76 bits per heavy atom. The van der Waals surface area contributed by atoms with Gasteiger partial charge in [0.2, 0.25) is 0 Å². The zero-order chi connectivity index (χ0) is 12.3. The van der Waals surface area contributed by atoms with Crippen molar-refractivity contribution in [3.8, 4) is 0 Å². The fourth-order valence-electron chi connectivity index (χ4n) is 2.01. The van der Waals surface area contributed by atoms with E-state index in [0.29, 0.717) is 0 Å². The molecule has 6 heteroatoms. The van der Waals surface area contributed by atoms with Gasteiger partial charge in [0.05, 0.1) is 4.92 Å². The number of thiophene rings is 1. The Morgan fingerprint density at radius 2 is 2.18 bits per heavy atom. The molecule has 0 unspecified atom stereocenters. The van der Waals surface area contributed by atoms with Crippen molar-refractivity contribution in [2.45, 2.75) is 23.5 Å². The topological polar surface area (TPSA) is 46.4 Å². The van der Waals surface area contributed by atoms with E-state index in [1.54, 1.807) is 5.41 Å². The Morgan fingerprint density at radius 1 is 1.47 bits per heavy atom. The van der Waals surface area contributed by atoms with Gasteiger partial charge in [0, 0.05) is 18.5 Å². The number of rotatable bonds is 4. The highest BCUT2D eigenvalue weighted by Gasteiger charge is 2.27. The second kappa shape index (κ2) is 5.55. The summed E-state index contributed by atoms with van der Waals surface area (Å²) in [5.74, 6) is 0. The molecule has 0 aromatic carbocycles. The second-order valence-electron chi connectivity index (χ2n) is 3.85. The number of anilines is 1. The molecule has 0 amide bonds. The number of hydrogen-bond acceptors (Lipinski definition) is 5. The van der Waals surface area contributed by atoms with E-state index in [1.165, 1.54) is 29.5 Å². The number of piperidine rings is 1. The average molecular weight is 270 g/mol. The first-order valence-electron chi connectivity index (χ1n) is 5.52. The van der Waals surface area contributed by atoms with Crippen LogP contribution in [0.15, 0.2) is 21.6 Å². The van der Waals surface area contributed by atoms with Crippen molar-refractivity contribution in [1.82, 2.24) is 0 Å². The first kappa shape index (κ1) is 12.4. The number of hydrogen-bond donors (Lipinski definition) is 0. The smallest absolute Gasteiger partial charge is 0.317 e. The van der Waals surface area contributed by atoms with Crippen LogP contribution >= 0.6 is 23.1 Å². The van der Waals surface area contributed by atoms with E-state index >= 15 is 0 Å². The summed E-state index contributed by atoms with van der Waals surface area (Å²) < 4.78 is 0.727. The van der Waals surface area contributed by atoms with E-state index in [0.717, 1.165) is 35.8 Å². The highest BCUT2D eigenvalue weighted by molar-refractivity contribution is 8.04. The molecule has 1 aromatic heterocycles. The van der Waals surface area contributed by atoms with E-state index in [-0.39, 0.29) is 10.6 Å². The van der Waals surface area contributed by atoms with Gasteiger partial charge in [-0.3, -0.25) is 10.1 Å². The second-order valence-corrected chi connectivity index (χ2v) is 5.96. The van der Waals surface area contributed by atoms with Gasteiger partial charge >= 0.3 is 5.69 Å². The van der Waals surface area contributed by atoms with Gasteiger partial charge in [-0.25, -0.2) is 0 Å². The van der Waals surface area contributed by atoms with Gasteiger partial charge in [0.25, 0.3) is 0 Å². The zero-order valence-corrected chi connectivity index (χ0v) is 11.1. The summed E-state index contributed by atoms with van der Waals surface area (Å²) in [7, 11) is 0. The van der Waals surface area contributed by atoms with Crippen LogP contribution in [0.1, 0.15) is 19.3 Å². The van der Waals surface area contributed by atoms with E-state index in [1.807, 2.05) is 5.38 Å². The third kappa shape index (κ3) is 2.63. The summed E-state index contributed by atoms with van der Waals surface area (Å²) >= 11 is 2.76. The third-order valence-electron chi connectivity index (χ3n) is 2.78. The Bertz CT molecular complexity index is 425. The molecular formula is C11H14N2O2S2. The molecule has 1 saturated heterocycles. The molecule has 0 N–H and O–H groups in total. The van der Waals surface area contributed by atoms with Crippen LogP contribution in [-0.4, -0.2) is 18.0 Å². The van der Waals surface area contributed by atoms with Crippen molar-refractivity contribution in [1.29, 1.82) is 0 Å². The summed E-state index contributed by atoms with van der Waals surface area (Å²) in [6, 6.07) is 0. The maximum absolute atomic E-state index is 11.2. The average Bonchev–Trinajstić information content (AvgIpc) is 2.74. The maximum atomic E-state index is 11.2. The van der Waals surface area contributed by atoms with Crippen molar-refractivity contribution in [3.05, 3.63) is 27.5 Å². The monoisotopic (exact) mass is 270 g/mol. The molecule has 0 spiro atoms. The van der Waals surface area contributed by atoms with Gasteiger partial charge in [0.1, 0.15) is 9.90 Å². The van der Waals surface area contributed by atoms with E-state index in [2.05, 4.69) is 11.5 Å². The Hall–Kier alpha value is -1.01. The molecule has 0 aliphatic carbocycles. The predicted octanol–water partition coefficient (Wildman–Crippen LogP) is 3.88. The van der Waals surface area contributed by atoms with Crippen LogP contribution in [0.3, 0.4) is 0 Å². The van der Waals surface area contributed by atoms with Crippen molar-refractivity contribution in [2.75, 3.05) is 18.0 Å². The molecule has 1 fully saturated rings. The molecule has 0 bridgehead atoms. The van der Waals surface area contributed by atoms with Crippen LogP contribution in [0.4, 0.5) is 11.4 Å². The zero-order valence-electron chi connectivity index (χ0n) is 9.42. The Kier molecular flexibility index (Phi) is 4.06. The van der Waals surface area contributed by atoms with Gasteiger partial charge in [-0.2, -0.15) is 0 Å². The van der Waals surface area contributed by atoms with Crippen molar-refractivity contribution < 1.29 is 4.92 Å². The van der Waals surface area contributed by atoms with Gasteiger partial charge in [0.15, 0.2) is 0 Å². The molecule has 2 heterocycles. The Labute approximate surface area is 108 Å². The lowest BCUT2D eigenvalue weighted by molar-refractivity contribution is -0.386. The summed E-state index contributed by atoms with van der Waals surface area (Å²) in [6.07, 6.45) is 3.47. The summed E-state index contributed by atoms with van der Waals surface area (Å²) in [4.78, 5) is 13.0. The maximum Gasteiger partial charge on any atom is 0.317 e. The number of thioether (sulfide) groups is 1. The molecule has 2 rings (SSSR count). The van der Waals surface area contributed by atoms with Crippen LogP contribution < -0.4 is 4.90 Å². The number of nitrogens with zero attached hydrogens (tertiary/aromatic N) is 2. The summed E-state index contributed by atoms with van der Waals surface area (Å²) in [5, 5.41) is 14.7. The van der Waals surface area contributed by atoms with Crippen molar-refractivity contribution in [3.63, 3.8) is 0 Å². The first-order valence-corrected chi connectivity index (χ1v) is 7.28. The summed E-state index contributed by atoms with van der Waals surface area (Å²) in [5.41, 5.74) is 1.03. The van der Waals surface area contributed by atoms with E-state index in [4.69, 9.17) is 0 Å². The Balaban J connectivity index is 2.32. The quantitative estimate of drug-likeness (QED) is 0.473. The largest absolute Gasteiger partial charge is 0.365 e. The lowest BCUT2D eigenvalue weighted by Gasteiger charge is -2.27. The van der Waals surface area contributed by atoms with Crippen LogP contribution in [0.2, 0.25) is 0 Å². The minimum Gasteiger partial charge on any atom is -0.365 e. The minimum absolute atomic E-state index is 0.252. The van der Waals surface area contributed by atoms with Crippen LogP contribution in [0.25, 0.3) is 0 Å². The molecule has 0 saturated carbocycles. The van der Waals surface area contributed by atoms with E-state index in [9.17, 15) is 10.1 Å². The third-order valence-corrected chi connectivity index (χ3v) is 4.68. The van der Waals surface area contributed by atoms with Gasteiger partial charge in [-0.1, -0.05) is 18.3 Å². The molecule has 1 aliphatic rings. The lowest BCUT2D eigenvalue weighted by atomic mass is 10.1.